The largest absolute Gasteiger partial charge is 0.467 e. The molecule has 0 aliphatic carbocycles. The molecule has 20 heavy (non-hydrogen) atoms. The molecule has 1 aromatic carbocycles. The second-order valence-corrected chi connectivity index (χ2v) is 3.92. The molecule has 0 aliphatic heterocycles. The number of benzene rings is 1. The van der Waals surface area contributed by atoms with Gasteiger partial charge in [0, 0.05) is 5.69 Å². The lowest BCUT2D eigenvalue weighted by Crippen LogP contribution is -2.41. The van der Waals surface area contributed by atoms with Crippen LogP contribution < -0.4 is 10.6 Å². The van der Waals surface area contributed by atoms with E-state index in [1.807, 2.05) is 0 Å². The first-order valence-electron chi connectivity index (χ1n) is 5.56. The third-order valence-corrected chi connectivity index (χ3v) is 2.37. The van der Waals surface area contributed by atoms with Crippen molar-refractivity contribution in [3.63, 3.8) is 0 Å². The molecule has 1 unspecified atom stereocenters. The zero-order chi connectivity index (χ0) is 15.3. The highest BCUT2D eigenvalue weighted by Crippen LogP contribution is 2.29. The number of nitrogens with one attached hydrogen (secondary N) is 2. The van der Waals surface area contributed by atoms with Crippen LogP contribution in [0.25, 0.3) is 0 Å². The van der Waals surface area contributed by atoms with E-state index in [-0.39, 0.29) is 5.69 Å². The molecule has 2 N–H and O–H groups in total. The van der Waals surface area contributed by atoms with Gasteiger partial charge in [0.15, 0.2) is 0 Å². The van der Waals surface area contributed by atoms with Crippen LogP contribution in [0.4, 0.5) is 23.7 Å². The van der Waals surface area contributed by atoms with Crippen LogP contribution in [-0.4, -0.2) is 25.2 Å². The van der Waals surface area contributed by atoms with E-state index in [0.717, 1.165) is 24.3 Å². The summed E-state index contributed by atoms with van der Waals surface area (Å²) in [6.07, 6.45) is -4.43. The van der Waals surface area contributed by atoms with Crippen LogP contribution in [-0.2, 0) is 15.7 Å². The van der Waals surface area contributed by atoms with E-state index in [9.17, 15) is 22.8 Å². The molecule has 0 radical (unpaired) electrons. The smallest absolute Gasteiger partial charge is 0.416 e. The van der Waals surface area contributed by atoms with Gasteiger partial charge in [0.1, 0.15) is 6.04 Å². The molecule has 0 heterocycles. The van der Waals surface area contributed by atoms with E-state index >= 15 is 0 Å². The molecule has 0 spiro atoms. The zero-order valence-corrected chi connectivity index (χ0v) is 10.7. The van der Waals surface area contributed by atoms with Gasteiger partial charge in [-0.25, -0.2) is 9.59 Å². The van der Waals surface area contributed by atoms with Crippen LogP contribution in [0.15, 0.2) is 24.3 Å². The SMILES string of the molecule is COC(=O)C(C)NC(=O)Nc1ccc(C(F)(F)F)cc1. The van der Waals surface area contributed by atoms with Crippen molar-refractivity contribution in [2.45, 2.75) is 19.1 Å². The first-order valence-corrected chi connectivity index (χ1v) is 5.56. The quantitative estimate of drug-likeness (QED) is 0.840. The number of ether oxygens (including phenoxy) is 1. The first-order chi connectivity index (χ1) is 9.24. The summed E-state index contributed by atoms with van der Waals surface area (Å²) in [5.41, 5.74) is -0.640. The van der Waals surface area contributed by atoms with Gasteiger partial charge in [0.2, 0.25) is 0 Å². The summed E-state index contributed by atoms with van der Waals surface area (Å²) in [6, 6.07) is 2.34. The van der Waals surface area contributed by atoms with Crippen LogP contribution in [0.1, 0.15) is 12.5 Å². The Hall–Kier alpha value is -2.25. The molecule has 0 aromatic heterocycles. The third kappa shape index (κ3) is 4.45. The number of amides is 2. The maximum Gasteiger partial charge on any atom is 0.416 e. The number of hydrogen-bond acceptors (Lipinski definition) is 3. The summed E-state index contributed by atoms with van der Waals surface area (Å²) in [6.45, 7) is 1.41. The Morgan fingerprint density at radius 3 is 2.20 bits per heavy atom. The van der Waals surface area contributed by atoms with Gasteiger partial charge in [-0.2, -0.15) is 13.2 Å². The minimum atomic E-state index is -4.43. The molecule has 0 saturated carbocycles. The van der Waals surface area contributed by atoms with E-state index in [1.165, 1.54) is 14.0 Å². The van der Waals surface area contributed by atoms with Crippen LogP contribution in [0.2, 0.25) is 0 Å². The highest BCUT2D eigenvalue weighted by atomic mass is 19.4. The van der Waals surface area contributed by atoms with E-state index in [2.05, 4.69) is 15.4 Å². The average molecular weight is 290 g/mol. The monoisotopic (exact) mass is 290 g/mol. The highest BCUT2D eigenvalue weighted by Gasteiger charge is 2.30. The third-order valence-electron chi connectivity index (χ3n) is 2.37. The second-order valence-electron chi connectivity index (χ2n) is 3.92. The van der Waals surface area contributed by atoms with E-state index in [4.69, 9.17) is 0 Å². The Bertz CT molecular complexity index is 486. The molecule has 0 fully saturated rings. The molecule has 1 rings (SSSR count). The molecule has 5 nitrogen and oxygen atoms in total. The van der Waals surface area contributed by atoms with Gasteiger partial charge in [0.05, 0.1) is 12.7 Å². The Morgan fingerprint density at radius 1 is 1.20 bits per heavy atom. The van der Waals surface area contributed by atoms with Crippen LogP contribution >= 0.6 is 0 Å². The van der Waals surface area contributed by atoms with E-state index < -0.39 is 29.8 Å². The number of hydrogen-bond donors (Lipinski definition) is 2. The molecule has 0 bridgehead atoms. The lowest BCUT2D eigenvalue weighted by molar-refractivity contribution is -0.142. The van der Waals surface area contributed by atoms with Gasteiger partial charge in [-0.15, -0.1) is 0 Å². The topological polar surface area (TPSA) is 67.4 Å². The van der Waals surface area contributed by atoms with Crippen molar-refractivity contribution in [1.82, 2.24) is 5.32 Å². The maximum absolute atomic E-state index is 12.3. The normalized spacial score (nSPS) is 12.4. The van der Waals surface area contributed by atoms with Gasteiger partial charge in [-0.3, -0.25) is 0 Å². The average Bonchev–Trinajstić information content (AvgIpc) is 2.37. The minimum Gasteiger partial charge on any atom is -0.467 e. The number of urea groups is 1. The highest BCUT2D eigenvalue weighted by molar-refractivity contribution is 5.92. The van der Waals surface area contributed by atoms with Gasteiger partial charge in [0.25, 0.3) is 0 Å². The molecule has 1 atom stereocenters. The second kappa shape index (κ2) is 6.27. The van der Waals surface area contributed by atoms with Crippen molar-refractivity contribution in [2.75, 3.05) is 12.4 Å². The fraction of sp³-hybridized carbons (Fsp3) is 0.333. The molecule has 8 heteroatoms. The number of esters is 1. The molecule has 0 aliphatic rings. The van der Waals surface area contributed by atoms with Crippen molar-refractivity contribution >= 4 is 17.7 Å². The number of rotatable bonds is 3. The number of carbonyl (C=O) groups is 2. The molecular formula is C12H13F3N2O3. The standard InChI is InChI=1S/C12H13F3N2O3/c1-7(10(18)20-2)16-11(19)17-9-5-3-8(4-6-9)12(13,14)15/h3-7H,1-2H3,(H2,16,17,19). The van der Waals surface area contributed by atoms with E-state index in [0.29, 0.717) is 0 Å². The van der Waals surface area contributed by atoms with Crippen molar-refractivity contribution in [3.8, 4) is 0 Å². The van der Waals surface area contributed by atoms with Crippen LogP contribution in [0.3, 0.4) is 0 Å². The molecule has 0 saturated heterocycles. The Morgan fingerprint density at radius 2 is 1.75 bits per heavy atom. The van der Waals surface area contributed by atoms with Crippen molar-refractivity contribution in [3.05, 3.63) is 29.8 Å². The van der Waals surface area contributed by atoms with E-state index in [1.54, 1.807) is 0 Å². The summed E-state index contributed by atoms with van der Waals surface area (Å²) in [7, 11) is 1.17. The Kier molecular flexibility index (Phi) is 4.95. The Labute approximate surface area is 113 Å². The lowest BCUT2D eigenvalue weighted by Gasteiger charge is -2.13. The predicted octanol–water partition coefficient (Wildman–Crippen LogP) is 2.39. The fourth-order valence-corrected chi connectivity index (χ4v) is 1.34. The summed E-state index contributed by atoms with van der Waals surface area (Å²) in [5.74, 6) is -0.632. The molecule has 1 aromatic rings. The van der Waals surface area contributed by atoms with Crippen molar-refractivity contribution < 1.29 is 27.5 Å². The van der Waals surface area contributed by atoms with Gasteiger partial charge in [-0.05, 0) is 31.2 Å². The van der Waals surface area contributed by atoms with Crippen molar-refractivity contribution in [1.29, 1.82) is 0 Å². The summed E-state index contributed by atoms with van der Waals surface area (Å²) >= 11 is 0. The minimum absolute atomic E-state index is 0.174. The van der Waals surface area contributed by atoms with Gasteiger partial charge < -0.3 is 15.4 Å². The number of methoxy groups -OCH3 is 1. The summed E-state index contributed by atoms with van der Waals surface area (Å²) in [4.78, 5) is 22.5. The number of carbonyl (C=O) groups excluding carboxylic acids is 2. The lowest BCUT2D eigenvalue weighted by atomic mass is 10.2. The van der Waals surface area contributed by atoms with Crippen LogP contribution in [0.5, 0.6) is 0 Å². The number of anilines is 1. The first kappa shape index (κ1) is 15.8. The molecular weight excluding hydrogens is 277 g/mol. The molecule has 110 valence electrons. The summed E-state index contributed by atoms with van der Waals surface area (Å²) in [5, 5.41) is 4.58. The fourth-order valence-electron chi connectivity index (χ4n) is 1.34. The van der Waals surface area contributed by atoms with Crippen molar-refractivity contribution in [2.24, 2.45) is 0 Å². The zero-order valence-electron chi connectivity index (χ0n) is 10.7. The van der Waals surface area contributed by atoms with Gasteiger partial charge in [-0.1, -0.05) is 0 Å². The number of halogens is 3. The molecule has 2 amide bonds. The predicted molar refractivity (Wildman–Crippen MR) is 65.1 cm³/mol. The van der Waals surface area contributed by atoms with Gasteiger partial charge >= 0.3 is 18.2 Å². The summed E-state index contributed by atoms with van der Waals surface area (Å²) < 4.78 is 41.4. The number of alkyl halides is 3. The Balaban J connectivity index is 2.61. The van der Waals surface area contributed by atoms with Crippen LogP contribution in [0, 0.1) is 0 Å². The maximum atomic E-state index is 12.3.